The molecule has 5 rings (SSSR count). The van der Waals surface area contributed by atoms with Gasteiger partial charge in [0.05, 0.1) is 0 Å². The standard InChI is InChI=1S/C30H29N3O/c1-3-24(21-13-7-5-8-14-21)23-19-26(25(4-2)22-15-9-6-10-16-22)30(34)29(20-23)33-31-27-17-11-12-18-28(27)32-33/h5-20,24-25,34H,3-4H2,1-2H3. The largest absolute Gasteiger partial charge is 0.505 e. The predicted octanol–water partition coefficient (Wildman–Crippen LogP) is 7.21. The summed E-state index contributed by atoms with van der Waals surface area (Å²) in [6, 6.07) is 33.0. The van der Waals surface area contributed by atoms with Crippen molar-refractivity contribution < 1.29 is 5.11 Å². The van der Waals surface area contributed by atoms with Crippen LogP contribution in [0, 0.1) is 0 Å². The van der Waals surface area contributed by atoms with Crippen molar-refractivity contribution in [3.8, 4) is 11.4 Å². The van der Waals surface area contributed by atoms with E-state index in [1.165, 1.54) is 11.1 Å². The number of aromatic hydroxyl groups is 1. The van der Waals surface area contributed by atoms with Crippen molar-refractivity contribution in [3.05, 3.63) is 119 Å². The highest BCUT2D eigenvalue weighted by Gasteiger charge is 2.24. The van der Waals surface area contributed by atoms with Crippen LogP contribution in [-0.2, 0) is 0 Å². The summed E-state index contributed by atoms with van der Waals surface area (Å²) in [7, 11) is 0. The van der Waals surface area contributed by atoms with Crippen LogP contribution in [0.5, 0.6) is 5.75 Å². The Balaban J connectivity index is 1.73. The molecule has 2 atom stereocenters. The average molecular weight is 448 g/mol. The first-order chi connectivity index (χ1) is 16.7. The maximum Gasteiger partial charge on any atom is 0.146 e. The summed E-state index contributed by atoms with van der Waals surface area (Å²) in [5, 5.41) is 21.0. The topological polar surface area (TPSA) is 50.9 Å². The van der Waals surface area contributed by atoms with Crippen LogP contribution in [0.1, 0.15) is 60.8 Å². The van der Waals surface area contributed by atoms with E-state index in [-0.39, 0.29) is 17.6 Å². The van der Waals surface area contributed by atoms with E-state index in [4.69, 9.17) is 0 Å². The minimum absolute atomic E-state index is 0.0677. The maximum absolute atomic E-state index is 11.6. The van der Waals surface area contributed by atoms with Gasteiger partial charge in [-0.05, 0) is 47.7 Å². The summed E-state index contributed by atoms with van der Waals surface area (Å²) >= 11 is 0. The molecule has 170 valence electrons. The first-order valence-electron chi connectivity index (χ1n) is 12.0. The maximum atomic E-state index is 11.6. The fourth-order valence-electron chi connectivity index (χ4n) is 4.92. The Labute approximate surface area is 200 Å². The zero-order valence-electron chi connectivity index (χ0n) is 19.6. The molecule has 34 heavy (non-hydrogen) atoms. The van der Waals surface area contributed by atoms with E-state index in [1.807, 2.05) is 36.4 Å². The van der Waals surface area contributed by atoms with Gasteiger partial charge in [0.25, 0.3) is 0 Å². The molecule has 0 aliphatic rings. The molecule has 2 unspecified atom stereocenters. The van der Waals surface area contributed by atoms with Crippen molar-refractivity contribution >= 4 is 11.0 Å². The molecule has 4 heteroatoms. The van der Waals surface area contributed by atoms with Crippen LogP contribution in [0.4, 0.5) is 0 Å². The van der Waals surface area contributed by atoms with Gasteiger partial charge in [-0.3, -0.25) is 0 Å². The lowest BCUT2D eigenvalue weighted by atomic mass is 9.83. The fourth-order valence-corrected chi connectivity index (χ4v) is 4.92. The smallest absolute Gasteiger partial charge is 0.146 e. The van der Waals surface area contributed by atoms with Gasteiger partial charge >= 0.3 is 0 Å². The van der Waals surface area contributed by atoms with Gasteiger partial charge in [-0.15, -0.1) is 15.0 Å². The van der Waals surface area contributed by atoms with Gasteiger partial charge in [0.1, 0.15) is 22.5 Å². The summed E-state index contributed by atoms with van der Waals surface area (Å²) in [5.74, 6) is 0.512. The summed E-state index contributed by atoms with van der Waals surface area (Å²) in [6.07, 6.45) is 1.82. The minimum Gasteiger partial charge on any atom is -0.505 e. The van der Waals surface area contributed by atoms with Crippen LogP contribution in [0.25, 0.3) is 16.7 Å². The van der Waals surface area contributed by atoms with Gasteiger partial charge < -0.3 is 5.11 Å². The lowest BCUT2D eigenvalue weighted by Gasteiger charge is -2.23. The van der Waals surface area contributed by atoms with Crippen LogP contribution >= 0.6 is 0 Å². The van der Waals surface area contributed by atoms with Crippen LogP contribution in [0.2, 0.25) is 0 Å². The van der Waals surface area contributed by atoms with E-state index in [0.717, 1.165) is 35.0 Å². The van der Waals surface area contributed by atoms with E-state index in [1.54, 1.807) is 4.80 Å². The number of hydrogen-bond donors (Lipinski definition) is 1. The Morgan fingerprint density at radius 1 is 0.647 bits per heavy atom. The number of rotatable bonds is 7. The number of phenolic OH excluding ortho intramolecular Hbond substituents is 1. The van der Waals surface area contributed by atoms with Gasteiger partial charge in [0.2, 0.25) is 0 Å². The van der Waals surface area contributed by atoms with Gasteiger partial charge in [0, 0.05) is 17.4 Å². The molecule has 5 aromatic rings. The monoisotopic (exact) mass is 447 g/mol. The van der Waals surface area contributed by atoms with Crippen molar-refractivity contribution in [1.29, 1.82) is 0 Å². The fraction of sp³-hybridized carbons (Fsp3) is 0.200. The third-order valence-electron chi connectivity index (χ3n) is 6.64. The molecule has 0 saturated heterocycles. The Morgan fingerprint density at radius 3 is 1.68 bits per heavy atom. The molecule has 0 saturated carbocycles. The zero-order chi connectivity index (χ0) is 23.5. The lowest BCUT2D eigenvalue weighted by Crippen LogP contribution is -2.09. The number of aromatic nitrogens is 3. The van der Waals surface area contributed by atoms with Crippen molar-refractivity contribution in [1.82, 2.24) is 15.0 Å². The van der Waals surface area contributed by atoms with Crippen molar-refractivity contribution in [2.45, 2.75) is 38.5 Å². The average Bonchev–Trinajstić information content (AvgIpc) is 3.32. The molecule has 0 bridgehead atoms. The number of phenols is 1. The van der Waals surface area contributed by atoms with Crippen LogP contribution in [-0.4, -0.2) is 20.1 Å². The number of benzene rings is 4. The molecule has 0 aliphatic carbocycles. The van der Waals surface area contributed by atoms with Gasteiger partial charge in [0.15, 0.2) is 0 Å². The van der Waals surface area contributed by atoms with Crippen molar-refractivity contribution in [2.24, 2.45) is 0 Å². The Kier molecular flexibility index (Phi) is 6.13. The Morgan fingerprint density at radius 2 is 1.15 bits per heavy atom. The number of nitrogens with zero attached hydrogens (tertiary/aromatic N) is 3. The predicted molar refractivity (Wildman–Crippen MR) is 138 cm³/mol. The summed E-state index contributed by atoms with van der Waals surface area (Å²) in [4.78, 5) is 1.59. The summed E-state index contributed by atoms with van der Waals surface area (Å²) in [6.45, 7) is 4.37. The normalized spacial score (nSPS) is 13.1. The first kappa shape index (κ1) is 21.9. The van der Waals surface area contributed by atoms with E-state index in [9.17, 15) is 5.11 Å². The molecule has 1 heterocycles. The molecule has 1 aromatic heterocycles. The van der Waals surface area contributed by atoms with Gasteiger partial charge in [-0.2, -0.15) is 0 Å². The quantitative estimate of drug-likeness (QED) is 0.287. The minimum atomic E-state index is 0.0677. The first-order valence-corrected chi connectivity index (χ1v) is 12.0. The van der Waals surface area contributed by atoms with Crippen LogP contribution in [0.3, 0.4) is 0 Å². The zero-order valence-corrected chi connectivity index (χ0v) is 19.6. The molecular formula is C30H29N3O. The SMILES string of the molecule is CCC(c1ccccc1)c1cc(C(CC)c2ccccc2)c(O)c(-n2nc3ccccc3n2)c1. The second-order valence-electron chi connectivity index (χ2n) is 8.70. The lowest BCUT2D eigenvalue weighted by molar-refractivity contribution is 0.456. The van der Waals surface area contributed by atoms with Gasteiger partial charge in [-0.25, -0.2) is 0 Å². The van der Waals surface area contributed by atoms with Crippen molar-refractivity contribution in [2.75, 3.05) is 0 Å². The van der Waals surface area contributed by atoms with Crippen molar-refractivity contribution in [3.63, 3.8) is 0 Å². The molecule has 4 aromatic carbocycles. The molecule has 0 radical (unpaired) electrons. The van der Waals surface area contributed by atoms with E-state index >= 15 is 0 Å². The van der Waals surface area contributed by atoms with E-state index in [0.29, 0.717) is 5.69 Å². The second-order valence-corrected chi connectivity index (χ2v) is 8.70. The van der Waals surface area contributed by atoms with Crippen LogP contribution in [0.15, 0.2) is 97.1 Å². The van der Waals surface area contributed by atoms with Crippen LogP contribution < -0.4 is 0 Å². The summed E-state index contributed by atoms with van der Waals surface area (Å²) < 4.78 is 0. The highest BCUT2D eigenvalue weighted by Crippen LogP contribution is 2.41. The molecule has 0 amide bonds. The summed E-state index contributed by atoms with van der Waals surface area (Å²) in [5.41, 5.74) is 6.75. The second kappa shape index (κ2) is 9.52. The molecule has 0 fully saturated rings. The van der Waals surface area contributed by atoms with E-state index in [2.05, 4.69) is 84.7 Å². The number of hydrogen-bond acceptors (Lipinski definition) is 3. The highest BCUT2D eigenvalue weighted by atomic mass is 16.3. The van der Waals surface area contributed by atoms with Gasteiger partial charge in [-0.1, -0.05) is 92.7 Å². The number of fused-ring (bicyclic) bond motifs is 1. The third kappa shape index (κ3) is 4.08. The molecule has 4 nitrogen and oxygen atoms in total. The Bertz CT molecular complexity index is 1360. The molecule has 0 spiro atoms. The Hall–Kier alpha value is -3.92. The molecular weight excluding hydrogens is 418 g/mol. The molecule has 0 aliphatic heterocycles. The van der Waals surface area contributed by atoms with E-state index < -0.39 is 0 Å². The highest BCUT2D eigenvalue weighted by molar-refractivity contribution is 5.74. The molecule has 1 N–H and O–H groups in total. The third-order valence-corrected chi connectivity index (χ3v) is 6.64.